The van der Waals surface area contributed by atoms with Crippen molar-refractivity contribution >= 4 is 52.2 Å². The number of carbonyl (C=O) groups is 2. The van der Waals surface area contributed by atoms with Gasteiger partial charge in [0.15, 0.2) is 11.5 Å². The highest BCUT2D eigenvalue weighted by Gasteiger charge is 2.35. The highest BCUT2D eigenvalue weighted by atomic mass is 35.5. The molecule has 0 spiro atoms. The van der Waals surface area contributed by atoms with E-state index in [1.165, 1.54) is 12.1 Å². The maximum Gasteiger partial charge on any atom is 0.293 e. The number of amides is 2. The molecule has 5 nitrogen and oxygen atoms in total. The summed E-state index contributed by atoms with van der Waals surface area (Å²) in [6, 6.07) is 16.1. The molecule has 0 saturated carbocycles. The van der Waals surface area contributed by atoms with Gasteiger partial charge in [0, 0.05) is 15.6 Å². The van der Waals surface area contributed by atoms with Gasteiger partial charge in [0.1, 0.15) is 12.4 Å². The first-order valence-electron chi connectivity index (χ1n) is 10.7. The second-order valence-electron chi connectivity index (χ2n) is 7.52. The van der Waals surface area contributed by atoms with Crippen molar-refractivity contribution in [3.05, 3.63) is 98.1 Å². The summed E-state index contributed by atoms with van der Waals surface area (Å²) >= 11 is 13.3. The lowest BCUT2D eigenvalue weighted by Crippen LogP contribution is -2.27. The lowest BCUT2D eigenvalue weighted by molar-refractivity contribution is -0.123. The second kappa shape index (κ2) is 11.2. The number of benzene rings is 3. The Morgan fingerprint density at radius 2 is 1.69 bits per heavy atom. The number of hydrogen-bond acceptors (Lipinski definition) is 5. The molecule has 1 aliphatic rings. The van der Waals surface area contributed by atoms with Gasteiger partial charge in [-0.05, 0) is 72.3 Å². The third-order valence-corrected chi connectivity index (χ3v) is 6.74. The predicted molar refractivity (Wildman–Crippen MR) is 136 cm³/mol. The van der Waals surface area contributed by atoms with E-state index >= 15 is 0 Å². The van der Waals surface area contributed by atoms with E-state index in [1.54, 1.807) is 54.6 Å². The Bertz CT molecular complexity index is 1280. The van der Waals surface area contributed by atoms with Gasteiger partial charge >= 0.3 is 0 Å². The molecule has 0 radical (unpaired) electrons. The normalized spacial score (nSPS) is 14.6. The standard InChI is InChI=1S/C26H20Cl2FNO4S/c1-2-33-23-12-17(8-11-22(23)34-15-19-20(27)4-3-5-21(19)28)13-24-25(31)30(26(32)35-24)14-16-6-9-18(29)10-7-16/h3-13H,2,14-15H2,1H3/b24-13-. The van der Waals surface area contributed by atoms with Crippen molar-refractivity contribution in [2.75, 3.05) is 6.61 Å². The van der Waals surface area contributed by atoms with E-state index in [0.29, 0.717) is 44.8 Å². The number of ether oxygens (including phenoxy) is 2. The smallest absolute Gasteiger partial charge is 0.293 e. The van der Waals surface area contributed by atoms with Gasteiger partial charge in [0.25, 0.3) is 11.1 Å². The topological polar surface area (TPSA) is 55.8 Å². The van der Waals surface area contributed by atoms with Gasteiger partial charge in [0.2, 0.25) is 0 Å². The predicted octanol–water partition coefficient (Wildman–Crippen LogP) is 7.35. The molecule has 180 valence electrons. The molecule has 35 heavy (non-hydrogen) atoms. The summed E-state index contributed by atoms with van der Waals surface area (Å²) in [7, 11) is 0. The Labute approximate surface area is 216 Å². The SMILES string of the molecule is CCOc1cc(/C=C2\SC(=O)N(Cc3ccc(F)cc3)C2=O)ccc1OCc1c(Cl)cccc1Cl. The van der Waals surface area contributed by atoms with Crippen LogP contribution in [0.4, 0.5) is 9.18 Å². The number of thioether (sulfide) groups is 1. The lowest BCUT2D eigenvalue weighted by Gasteiger charge is -2.14. The van der Waals surface area contributed by atoms with Crippen LogP contribution in [0.15, 0.2) is 65.6 Å². The van der Waals surface area contributed by atoms with Crippen LogP contribution in [0.25, 0.3) is 6.08 Å². The van der Waals surface area contributed by atoms with Crippen LogP contribution in [-0.4, -0.2) is 22.7 Å². The van der Waals surface area contributed by atoms with Crippen LogP contribution >= 0.6 is 35.0 Å². The summed E-state index contributed by atoms with van der Waals surface area (Å²) in [6.45, 7) is 2.48. The zero-order valence-corrected chi connectivity index (χ0v) is 20.9. The molecule has 1 heterocycles. The Hall–Kier alpha value is -3.00. The van der Waals surface area contributed by atoms with Gasteiger partial charge in [-0.3, -0.25) is 14.5 Å². The van der Waals surface area contributed by atoms with Crippen molar-refractivity contribution in [1.29, 1.82) is 0 Å². The number of nitrogens with zero attached hydrogens (tertiary/aromatic N) is 1. The molecule has 1 aliphatic heterocycles. The Balaban J connectivity index is 1.52. The number of rotatable bonds is 8. The van der Waals surface area contributed by atoms with Crippen LogP contribution in [0.3, 0.4) is 0 Å². The monoisotopic (exact) mass is 531 g/mol. The van der Waals surface area contributed by atoms with Crippen molar-refractivity contribution in [3.8, 4) is 11.5 Å². The van der Waals surface area contributed by atoms with Crippen LogP contribution in [0.1, 0.15) is 23.6 Å². The molecule has 0 N–H and O–H groups in total. The van der Waals surface area contributed by atoms with Gasteiger partial charge in [-0.25, -0.2) is 4.39 Å². The van der Waals surface area contributed by atoms with E-state index in [4.69, 9.17) is 32.7 Å². The van der Waals surface area contributed by atoms with E-state index in [0.717, 1.165) is 16.7 Å². The van der Waals surface area contributed by atoms with Crippen LogP contribution in [0, 0.1) is 5.82 Å². The Morgan fingerprint density at radius 1 is 0.971 bits per heavy atom. The fourth-order valence-electron chi connectivity index (χ4n) is 3.38. The highest BCUT2D eigenvalue weighted by Crippen LogP contribution is 2.36. The summed E-state index contributed by atoms with van der Waals surface area (Å²) in [5.41, 5.74) is 2.00. The molecule has 3 aromatic carbocycles. The molecule has 0 aromatic heterocycles. The zero-order valence-electron chi connectivity index (χ0n) is 18.6. The molecular formula is C26H20Cl2FNO4S. The molecule has 0 aliphatic carbocycles. The molecule has 0 atom stereocenters. The first-order valence-corrected chi connectivity index (χ1v) is 12.2. The Kier molecular flexibility index (Phi) is 8.00. The van der Waals surface area contributed by atoms with E-state index in [-0.39, 0.29) is 29.1 Å². The van der Waals surface area contributed by atoms with Gasteiger partial charge in [0.05, 0.1) is 18.1 Å². The van der Waals surface area contributed by atoms with Crippen molar-refractivity contribution in [2.24, 2.45) is 0 Å². The number of carbonyl (C=O) groups excluding carboxylic acids is 2. The average Bonchev–Trinajstić information content (AvgIpc) is 3.08. The highest BCUT2D eigenvalue weighted by molar-refractivity contribution is 8.18. The molecule has 9 heteroatoms. The fourth-order valence-corrected chi connectivity index (χ4v) is 4.73. The molecule has 4 rings (SSSR count). The quantitative estimate of drug-likeness (QED) is 0.284. The molecule has 0 bridgehead atoms. The third kappa shape index (κ3) is 5.99. The van der Waals surface area contributed by atoms with E-state index in [1.807, 2.05) is 6.92 Å². The average molecular weight is 532 g/mol. The van der Waals surface area contributed by atoms with Gasteiger partial charge in [-0.15, -0.1) is 0 Å². The lowest BCUT2D eigenvalue weighted by atomic mass is 10.1. The van der Waals surface area contributed by atoms with Crippen LogP contribution in [0.5, 0.6) is 11.5 Å². The minimum absolute atomic E-state index is 0.0733. The molecule has 2 amide bonds. The van der Waals surface area contributed by atoms with Gasteiger partial charge < -0.3 is 9.47 Å². The summed E-state index contributed by atoms with van der Waals surface area (Å²) < 4.78 is 24.8. The van der Waals surface area contributed by atoms with E-state index in [2.05, 4.69) is 0 Å². The maximum absolute atomic E-state index is 13.2. The summed E-state index contributed by atoms with van der Waals surface area (Å²) in [6.07, 6.45) is 1.63. The largest absolute Gasteiger partial charge is 0.490 e. The Morgan fingerprint density at radius 3 is 2.37 bits per heavy atom. The number of imide groups is 1. The minimum Gasteiger partial charge on any atom is -0.490 e. The summed E-state index contributed by atoms with van der Waals surface area (Å²) in [5.74, 6) is 0.186. The molecule has 3 aromatic rings. The minimum atomic E-state index is -0.407. The maximum atomic E-state index is 13.2. The molecule has 1 saturated heterocycles. The fraction of sp³-hybridized carbons (Fsp3) is 0.154. The zero-order chi connectivity index (χ0) is 24.9. The third-order valence-electron chi connectivity index (χ3n) is 5.13. The molecular weight excluding hydrogens is 512 g/mol. The van der Waals surface area contributed by atoms with Crippen LogP contribution in [-0.2, 0) is 17.9 Å². The van der Waals surface area contributed by atoms with Crippen molar-refractivity contribution in [2.45, 2.75) is 20.1 Å². The first kappa shape index (κ1) is 25.1. The van der Waals surface area contributed by atoms with Crippen molar-refractivity contribution in [1.82, 2.24) is 4.90 Å². The van der Waals surface area contributed by atoms with Gasteiger partial charge in [-0.2, -0.15) is 0 Å². The number of halogens is 3. The summed E-state index contributed by atoms with van der Waals surface area (Å²) in [4.78, 5) is 26.7. The van der Waals surface area contributed by atoms with Gasteiger partial charge in [-0.1, -0.05) is 47.5 Å². The summed E-state index contributed by atoms with van der Waals surface area (Å²) in [5, 5.41) is 0.624. The van der Waals surface area contributed by atoms with E-state index in [9.17, 15) is 14.0 Å². The number of hydrogen-bond donors (Lipinski definition) is 0. The molecule has 1 fully saturated rings. The second-order valence-corrected chi connectivity index (χ2v) is 9.33. The van der Waals surface area contributed by atoms with Crippen LogP contribution in [0.2, 0.25) is 10.0 Å². The molecule has 0 unspecified atom stereocenters. The van der Waals surface area contributed by atoms with Crippen molar-refractivity contribution in [3.63, 3.8) is 0 Å². The van der Waals surface area contributed by atoms with Crippen LogP contribution < -0.4 is 9.47 Å². The first-order chi connectivity index (χ1) is 16.9. The van der Waals surface area contributed by atoms with E-state index < -0.39 is 5.91 Å². The van der Waals surface area contributed by atoms with Crippen molar-refractivity contribution < 1.29 is 23.5 Å².